The first-order valence-electron chi connectivity index (χ1n) is 5.05. The number of anilines is 1. The minimum absolute atomic E-state index is 0.0620. The number of hydrogen-bond donors (Lipinski definition) is 1. The first-order chi connectivity index (χ1) is 8.97. The summed E-state index contributed by atoms with van der Waals surface area (Å²) in [6.07, 6.45) is 0.883. The van der Waals surface area contributed by atoms with E-state index in [4.69, 9.17) is 23.2 Å². The second kappa shape index (κ2) is 5.50. The van der Waals surface area contributed by atoms with E-state index in [1.165, 1.54) is 6.07 Å². The topological polar surface area (TPSA) is 42.0 Å². The Kier molecular flexibility index (Phi) is 3.97. The molecule has 0 aliphatic carbocycles. The fourth-order valence-electron chi connectivity index (χ4n) is 1.36. The molecule has 1 heterocycles. The van der Waals surface area contributed by atoms with Crippen LogP contribution < -0.4 is 5.32 Å². The summed E-state index contributed by atoms with van der Waals surface area (Å²) in [5.41, 5.74) is -0.103. The normalized spacial score (nSPS) is 10.3. The average molecular weight is 303 g/mol. The van der Waals surface area contributed by atoms with Crippen molar-refractivity contribution in [1.82, 2.24) is 4.98 Å². The molecule has 0 aliphatic rings. The van der Waals surface area contributed by atoms with Crippen molar-refractivity contribution in [2.75, 3.05) is 5.32 Å². The SMILES string of the molecule is O=C(Nc1cc(F)ccc1Cl)c1cc(F)cnc1Cl. The number of amides is 1. The van der Waals surface area contributed by atoms with Gasteiger partial charge in [-0.05, 0) is 24.3 Å². The van der Waals surface area contributed by atoms with Gasteiger partial charge in [0, 0.05) is 0 Å². The van der Waals surface area contributed by atoms with Crippen LogP contribution in [0.5, 0.6) is 0 Å². The van der Waals surface area contributed by atoms with E-state index in [2.05, 4.69) is 10.3 Å². The molecule has 0 unspecified atom stereocenters. The van der Waals surface area contributed by atoms with E-state index < -0.39 is 17.5 Å². The number of nitrogens with zero attached hydrogens (tertiary/aromatic N) is 1. The first-order valence-corrected chi connectivity index (χ1v) is 5.80. The van der Waals surface area contributed by atoms with Gasteiger partial charge in [0.25, 0.3) is 5.91 Å². The van der Waals surface area contributed by atoms with Crippen LogP contribution in [-0.2, 0) is 0 Å². The molecule has 0 atom stereocenters. The number of benzene rings is 1. The second-order valence-corrected chi connectivity index (χ2v) is 4.34. The number of carbonyl (C=O) groups excluding carboxylic acids is 1. The number of nitrogens with one attached hydrogen (secondary N) is 1. The summed E-state index contributed by atoms with van der Waals surface area (Å²) in [6.45, 7) is 0. The molecular formula is C12H6Cl2F2N2O. The molecule has 0 saturated heterocycles. The molecule has 2 rings (SSSR count). The lowest BCUT2D eigenvalue weighted by Gasteiger charge is -2.08. The Morgan fingerprint density at radius 2 is 1.89 bits per heavy atom. The van der Waals surface area contributed by atoms with Crippen molar-refractivity contribution >= 4 is 34.8 Å². The van der Waals surface area contributed by atoms with Gasteiger partial charge in [-0.1, -0.05) is 23.2 Å². The summed E-state index contributed by atoms with van der Waals surface area (Å²) < 4.78 is 26.0. The predicted molar refractivity (Wildman–Crippen MR) is 68.6 cm³/mol. The van der Waals surface area contributed by atoms with Gasteiger partial charge >= 0.3 is 0 Å². The van der Waals surface area contributed by atoms with Crippen molar-refractivity contribution < 1.29 is 13.6 Å². The Balaban J connectivity index is 2.30. The fourth-order valence-corrected chi connectivity index (χ4v) is 1.72. The van der Waals surface area contributed by atoms with Crippen molar-refractivity contribution in [3.8, 4) is 0 Å². The van der Waals surface area contributed by atoms with E-state index in [0.717, 1.165) is 24.4 Å². The molecule has 2 aromatic rings. The number of aromatic nitrogens is 1. The van der Waals surface area contributed by atoms with E-state index in [-0.39, 0.29) is 21.4 Å². The molecule has 1 aromatic carbocycles. The van der Waals surface area contributed by atoms with Crippen molar-refractivity contribution in [2.24, 2.45) is 0 Å². The Labute approximate surface area is 117 Å². The monoisotopic (exact) mass is 302 g/mol. The number of rotatable bonds is 2. The summed E-state index contributed by atoms with van der Waals surface area (Å²) in [7, 11) is 0. The highest BCUT2D eigenvalue weighted by Gasteiger charge is 2.14. The first kappa shape index (κ1) is 13.7. The fraction of sp³-hybridized carbons (Fsp3) is 0. The molecule has 0 radical (unpaired) electrons. The average Bonchev–Trinajstić information content (AvgIpc) is 2.36. The van der Waals surface area contributed by atoms with E-state index in [1.807, 2.05) is 0 Å². The largest absolute Gasteiger partial charge is 0.320 e. The predicted octanol–water partition coefficient (Wildman–Crippen LogP) is 3.92. The van der Waals surface area contributed by atoms with Crippen LogP contribution in [0, 0.1) is 11.6 Å². The number of pyridine rings is 1. The minimum Gasteiger partial charge on any atom is -0.320 e. The standard InChI is InChI=1S/C12H6Cl2F2N2O/c13-9-2-1-6(15)4-10(9)18-12(19)8-3-7(16)5-17-11(8)14/h1-5H,(H,18,19). The van der Waals surface area contributed by atoms with Gasteiger partial charge in [0.2, 0.25) is 0 Å². The van der Waals surface area contributed by atoms with Gasteiger partial charge in [0.05, 0.1) is 22.5 Å². The maximum Gasteiger partial charge on any atom is 0.258 e. The van der Waals surface area contributed by atoms with Crippen LogP contribution in [0.3, 0.4) is 0 Å². The lowest BCUT2D eigenvalue weighted by Crippen LogP contribution is -2.14. The Bertz CT molecular complexity index is 650. The highest BCUT2D eigenvalue weighted by Crippen LogP contribution is 2.24. The zero-order chi connectivity index (χ0) is 14.0. The van der Waals surface area contributed by atoms with Gasteiger partial charge in [-0.3, -0.25) is 4.79 Å². The number of halogens is 4. The zero-order valence-corrected chi connectivity index (χ0v) is 10.8. The summed E-state index contributed by atoms with van der Waals surface area (Å²) >= 11 is 11.5. The molecule has 98 valence electrons. The lowest BCUT2D eigenvalue weighted by atomic mass is 10.2. The van der Waals surface area contributed by atoms with Crippen molar-refractivity contribution in [2.45, 2.75) is 0 Å². The highest BCUT2D eigenvalue weighted by atomic mass is 35.5. The van der Waals surface area contributed by atoms with Crippen LogP contribution >= 0.6 is 23.2 Å². The smallest absolute Gasteiger partial charge is 0.258 e. The van der Waals surface area contributed by atoms with Crippen molar-refractivity contribution in [3.05, 3.63) is 57.8 Å². The van der Waals surface area contributed by atoms with Crippen LogP contribution in [0.4, 0.5) is 14.5 Å². The molecule has 3 nitrogen and oxygen atoms in total. The summed E-state index contributed by atoms with van der Waals surface area (Å²) in [5.74, 6) is -2.01. The summed E-state index contributed by atoms with van der Waals surface area (Å²) in [4.78, 5) is 15.4. The van der Waals surface area contributed by atoms with Crippen LogP contribution in [-0.4, -0.2) is 10.9 Å². The molecule has 0 fully saturated rings. The Hall–Kier alpha value is -1.72. The van der Waals surface area contributed by atoms with Crippen LogP contribution in [0.2, 0.25) is 10.2 Å². The quantitative estimate of drug-likeness (QED) is 0.854. The van der Waals surface area contributed by atoms with E-state index in [9.17, 15) is 13.6 Å². The Morgan fingerprint density at radius 1 is 1.16 bits per heavy atom. The van der Waals surface area contributed by atoms with Crippen LogP contribution in [0.25, 0.3) is 0 Å². The van der Waals surface area contributed by atoms with E-state index in [0.29, 0.717) is 0 Å². The molecule has 0 aliphatic heterocycles. The summed E-state index contributed by atoms with van der Waals surface area (Å²) in [5, 5.41) is 2.32. The van der Waals surface area contributed by atoms with Crippen LogP contribution in [0.15, 0.2) is 30.5 Å². The molecule has 19 heavy (non-hydrogen) atoms. The van der Waals surface area contributed by atoms with Crippen molar-refractivity contribution in [3.63, 3.8) is 0 Å². The Morgan fingerprint density at radius 3 is 2.63 bits per heavy atom. The molecule has 0 bridgehead atoms. The highest BCUT2D eigenvalue weighted by molar-refractivity contribution is 6.35. The number of carbonyl (C=O) groups is 1. The minimum atomic E-state index is -0.732. The maximum atomic E-state index is 13.0. The van der Waals surface area contributed by atoms with E-state index >= 15 is 0 Å². The molecular weight excluding hydrogens is 297 g/mol. The maximum absolute atomic E-state index is 13.0. The molecule has 1 N–H and O–H groups in total. The second-order valence-electron chi connectivity index (χ2n) is 3.57. The molecule has 1 aromatic heterocycles. The van der Waals surface area contributed by atoms with Gasteiger partial charge in [-0.2, -0.15) is 0 Å². The molecule has 1 amide bonds. The van der Waals surface area contributed by atoms with Crippen LogP contribution in [0.1, 0.15) is 10.4 Å². The lowest BCUT2D eigenvalue weighted by molar-refractivity contribution is 0.102. The third-order valence-corrected chi connectivity index (χ3v) is 2.86. The number of hydrogen-bond acceptors (Lipinski definition) is 2. The van der Waals surface area contributed by atoms with Gasteiger partial charge < -0.3 is 5.32 Å². The zero-order valence-electron chi connectivity index (χ0n) is 9.25. The summed E-state index contributed by atoms with van der Waals surface area (Å²) in [6, 6.07) is 4.41. The van der Waals surface area contributed by atoms with Crippen molar-refractivity contribution in [1.29, 1.82) is 0 Å². The van der Waals surface area contributed by atoms with E-state index in [1.54, 1.807) is 0 Å². The third-order valence-electron chi connectivity index (χ3n) is 2.23. The molecule has 0 spiro atoms. The molecule has 7 heteroatoms. The van der Waals surface area contributed by atoms with Gasteiger partial charge in [0.15, 0.2) is 0 Å². The molecule has 0 saturated carbocycles. The third kappa shape index (κ3) is 3.19. The van der Waals surface area contributed by atoms with Gasteiger partial charge in [-0.15, -0.1) is 0 Å². The van der Waals surface area contributed by atoms with Gasteiger partial charge in [-0.25, -0.2) is 13.8 Å². The van der Waals surface area contributed by atoms with Gasteiger partial charge in [0.1, 0.15) is 16.8 Å².